The van der Waals surface area contributed by atoms with E-state index in [1.807, 2.05) is 0 Å². The van der Waals surface area contributed by atoms with Crippen LogP contribution in [0, 0.1) is 12.8 Å². The summed E-state index contributed by atoms with van der Waals surface area (Å²) in [5.41, 5.74) is 8.79. The van der Waals surface area contributed by atoms with Gasteiger partial charge in [0.2, 0.25) is 0 Å². The van der Waals surface area contributed by atoms with Crippen LogP contribution < -0.4 is 5.73 Å². The lowest BCUT2D eigenvalue weighted by molar-refractivity contribution is 0.184. The summed E-state index contributed by atoms with van der Waals surface area (Å²) in [6, 6.07) is 9.17. The fourth-order valence-corrected chi connectivity index (χ4v) is 4.09. The van der Waals surface area contributed by atoms with Crippen molar-refractivity contribution in [2.24, 2.45) is 11.7 Å². The van der Waals surface area contributed by atoms with E-state index in [0.717, 1.165) is 19.0 Å². The summed E-state index contributed by atoms with van der Waals surface area (Å²) < 4.78 is 0. The first-order valence-corrected chi connectivity index (χ1v) is 7.90. The van der Waals surface area contributed by atoms with Gasteiger partial charge in [-0.1, -0.05) is 24.3 Å². The molecule has 1 heterocycles. The Balaban J connectivity index is 2.01. The molecular formula is C15H24N2S. The van der Waals surface area contributed by atoms with E-state index < -0.39 is 0 Å². The molecular weight excluding hydrogens is 240 g/mol. The van der Waals surface area contributed by atoms with Crippen LogP contribution in [0.3, 0.4) is 0 Å². The SMILES string of the molecule is Cc1ccccc1CN(C)C(CN)C1CCSC1. The molecule has 1 aliphatic rings. The number of nitrogens with zero attached hydrogens (tertiary/aromatic N) is 1. The van der Waals surface area contributed by atoms with Crippen LogP contribution in [0.15, 0.2) is 24.3 Å². The van der Waals surface area contributed by atoms with E-state index in [0.29, 0.717) is 6.04 Å². The minimum atomic E-state index is 0.527. The molecule has 100 valence electrons. The standard InChI is InChI=1S/C15H24N2S/c1-12-5-3-4-6-13(12)10-17(2)15(9-16)14-7-8-18-11-14/h3-6,14-15H,7-11,16H2,1-2H3. The van der Waals surface area contributed by atoms with Crippen molar-refractivity contribution in [3.05, 3.63) is 35.4 Å². The summed E-state index contributed by atoms with van der Waals surface area (Å²) in [7, 11) is 2.22. The summed E-state index contributed by atoms with van der Waals surface area (Å²) in [6.45, 7) is 3.97. The molecule has 1 fully saturated rings. The third-order valence-electron chi connectivity index (χ3n) is 4.00. The molecule has 1 aromatic carbocycles. The molecule has 0 radical (unpaired) electrons. The van der Waals surface area contributed by atoms with Crippen LogP contribution in [0.4, 0.5) is 0 Å². The Bertz CT molecular complexity index is 375. The van der Waals surface area contributed by atoms with E-state index in [9.17, 15) is 0 Å². The molecule has 0 bridgehead atoms. The molecule has 0 spiro atoms. The zero-order chi connectivity index (χ0) is 13.0. The van der Waals surface area contributed by atoms with Gasteiger partial charge in [0, 0.05) is 19.1 Å². The number of hydrogen-bond donors (Lipinski definition) is 1. The lowest BCUT2D eigenvalue weighted by Gasteiger charge is -2.31. The molecule has 0 amide bonds. The van der Waals surface area contributed by atoms with Crippen LogP contribution in [0.2, 0.25) is 0 Å². The lowest BCUT2D eigenvalue weighted by atomic mass is 9.97. The number of likely N-dealkylation sites (N-methyl/N-ethyl adjacent to an activating group) is 1. The van der Waals surface area contributed by atoms with E-state index in [-0.39, 0.29) is 0 Å². The Morgan fingerprint density at radius 3 is 2.83 bits per heavy atom. The molecule has 2 atom stereocenters. The summed E-state index contributed by atoms with van der Waals surface area (Å²) in [6.07, 6.45) is 1.32. The van der Waals surface area contributed by atoms with Crippen molar-refractivity contribution in [2.75, 3.05) is 25.1 Å². The van der Waals surface area contributed by atoms with Crippen LogP contribution in [0.1, 0.15) is 17.5 Å². The molecule has 2 unspecified atom stereocenters. The van der Waals surface area contributed by atoms with Gasteiger partial charge in [0.15, 0.2) is 0 Å². The first kappa shape index (κ1) is 13.9. The smallest absolute Gasteiger partial charge is 0.0255 e. The second kappa shape index (κ2) is 6.60. The minimum absolute atomic E-state index is 0.527. The number of nitrogens with two attached hydrogens (primary N) is 1. The predicted octanol–water partition coefficient (Wildman–Crippen LogP) is 2.51. The van der Waals surface area contributed by atoms with Gasteiger partial charge in [-0.15, -0.1) is 0 Å². The number of rotatable bonds is 5. The van der Waals surface area contributed by atoms with Crippen molar-refractivity contribution in [1.82, 2.24) is 4.90 Å². The Labute approximate surface area is 115 Å². The molecule has 2 nitrogen and oxygen atoms in total. The van der Waals surface area contributed by atoms with Crippen LogP contribution >= 0.6 is 11.8 Å². The maximum absolute atomic E-state index is 5.99. The summed E-state index contributed by atoms with van der Waals surface area (Å²) >= 11 is 2.07. The van der Waals surface area contributed by atoms with Crippen molar-refractivity contribution in [3.63, 3.8) is 0 Å². The molecule has 0 aromatic heterocycles. The number of hydrogen-bond acceptors (Lipinski definition) is 3. The van der Waals surface area contributed by atoms with Gasteiger partial charge in [0.25, 0.3) is 0 Å². The summed E-state index contributed by atoms with van der Waals surface area (Å²) in [5, 5.41) is 0. The Morgan fingerprint density at radius 1 is 1.44 bits per heavy atom. The Morgan fingerprint density at radius 2 is 2.22 bits per heavy atom. The van der Waals surface area contributed by atoms with Gasteiger partial charge in [-0.05, 0) is 48.9 Å². The lowest BCUT2D eigenvalue weighted by Crippen LogP contribution is -2.43. The number of aryl methyl sites for hydroxylation is 1. The van der Waals surface area contributed by atoms with Crippen LogP contribution in [-0.2, 0) is 6.54 Å². The van der Waals surface area contributed by atoms with Crippen LogP contribution in [0.25, 0.3) is 0 Å². The summed E-state index contributed by atoms with van der Waals surface area (Å²) in [4.78, 5) is 2.44. The molecule has 0 saturated carbocycles. The maximum atomic E-state index is 5.99. The second-order valence-corrected chi connectivity index (χ2v) is 6.42. The molecule has 2 N–H and O–H groups in total. The van der Waals surface area contributed by atoms with E-state index in [2.05, 4.69) is 54.9 Å². The van der Waals surface area contributed by atoms with E-state index in [1.165, 1.54) is 29.1 Å². The van der Waals surface area contributed by atoms with Gasteiger partial charge >= 0.3 is 0 Å². The fourth-order valence-electron chi connectivity index (χ4n) is 2.76. The topological polar surface area (TPSA) is 29.3 Å². The highest BCUT2D eigenvalue weighted by atomic mass is 32.2. The molecule has 18 heavy (non-hydrogen) atoms. The monoisotopic (exact) mass is 264 g/mol. The second-order valence-electron chi connectivity index (χ2n) is 5.27. The highest BCUT2D eigenvalue weighted by Gasteiger charge is 2.27. The molecule has 1 aliphatic heterocycles. The molecule has 1 saturated heterocycles. The fraction of sp³-hybridized carbons (Fsp3) is 0.600. The zero-order valence-electron chi connectivity index (χ0n) is 11.4. The van der Waals surface area contributed by atoms with Crippen LogP contribution in [-0.4, -0.2) is 36.0 Å². The average Bonchev–Trinajstić information content (AvgIpc) is 2.87. The highest BCUT2D eigenvalue weighted by molar-refractivity contribution is 7.99. The molecule has 2 rings (SSSR count). The van der Waals surface area contributed by atoms with E-state index >= 15 is 0 Å². The number of thioether (sulfide) groups is 1. The van der Waals surface area contributed by atoms with E-state index in [1.54, 1.807) is 0 Å². The molecule has 0 aliphatic carbocycles. The normalized spacial score (nSPS) is 21.4. The van der Waals surface area contributed by atoms with Gasteiger partial charge in [-0.2, -0.15) is 11.8 Å². The van der Waals surface area contributed by atoms with Crippen molar-refractivity contribution < 1.29 is 0 Å². The first-order chi connectivity index (χ1) is 8.72. The zero-order valence-corrected chi connectivity index (χ0v) is 12.2. The van der Waals surface area contributed by atoms with Crippen molar-refractivity contribution in [3.8, 4) is 0 Å². The molecule has 3 heteroatoms. The Hall–Kier alpha value is -0.510. The maximum Gasteiger partial charge on any atom is 0.0255 e. The van der Waals surface area contributed by atoms with Crippen LogP contribution in [0.5, 0.6) is 0 Å². The minimum Gasteiger partial charge on any atom is -0.329 e. The number of benzene rings is 1. The van der Waals surface area contributed by atoms with E-state index in [4.69, 9.17) is 5.73 Å². The van der Waals surface area contributed by atoms with Crippen molar-refractivity contribution in [1.29, 1.82) is 0 Å². The Kier molecular flexibility index (Phi) is 5.10. The largest absolute Gasteiger partial charge is 0.329 e. The third kappa shape index (κ3) is 3.28. The first-order valence-electron chi connectivity index (χ1n) is 6.75. The summed E-state index contributed by atoms with van der Waals surface area (Å²) in [5.74, 6) is 3.35. The third-order valence-corrected chi connectivity index (χ3v) is 5.19. The molecule has 1 aromatic rings. The van der Waals surface area contributed by atoms with Gasteiger partial charge in [0.1, 0.15) is 0 Å². The van der Waals surface area contributed by atoms with Gasteiger partial charge in [-0.3, -0.25) is 4.90 Å². The van der Waals surface area contributed by atoms with Gasteiger partial charge in [-0.25, -0.2) is 0 Å². The average molecular weight is 264 g/mol. The highest BCUT2D eigenvalue weighted by Crippen LogP contribution is 2.28. The quantitative estimate of drug-likeness (QED) is 0.886. The van der Waals surface area contributed by atoms with Crippen molar-refractivity contribution in [2.45, 2.75) is 25.9 Å². The van der Waals surface area contributed by atoms with Crippen molar-refractivity contribution >= 4 is 11.8 Å². The van der Waals surface area contributed by atoms with Gasteiger partial charge < -0.3 is 5.73 Å². The predicted molar refractivity (Wildman–Crippen MR) is 80.9 cm³/mol. The van der Waals surface area contributed by atoms with Gasteiger partial charge in [0.05, 0.1) is 0 Å².